The predicted molar refractivity (Wildman–Crippen MR) is 73.0 cm³/mol. The highest BCUT2D eigenvalue weighted by atomic mass is 16.1. The van der Waals surface area contributed by atoms with Gasteiger partial charge in [0.15, 0.2) is 0 Å². The van der Waals surface area contributed by atoms with Crippen LogP contribution in [0.5, 0.6) is 0 Å². The summed E-state index contributed by atoms with van der Waals surface area (Å²) in [6.07, 6.45) is 5.77. The van der Waals surface area contributed by atoms with E-state index in [1.165, 1.54) is 0 Å². The van der Waals surface area contributed by atoms with Gasteiger partial charge in [-0.25, -0.2) is 4.98 Å². The molecule has 0 aromatic carbocycles. The Bertz CT molecular complexity index is 607. The first kappa shape index (κ1) is 12.9. The molecular formula is C14H21N3O. The summed E-state index contributed by atoms with van der Waals surface area (Å²) in [5.74, 6) is 1.45. The Kier molecular flexibility index (Phi) is 3.55. The Hall–Kier alpha value is -1.58. The molecule has 0 bridgehead atoms. The third kappa shape index (κ3) is 2.19. The summed E-state index contributed by atoms with van der Waals surface area (Å²) in [7, 11) is 0. The molecule has 0 atom stereocenters. The number of aryl methyl sites for hydroxylation is 2. The van der Waals surface area contributed by atoms with E-state index in [0.29, 0.717) is 5.92 Å². The smallest absolute Gasteiger partial charge is 0.276 e. The van der Waals surface area contributed by atoms with Crippen molar-refractivity contribution in [2.24, 2.45) is 5.92 Å². The Balaban J connectivity index is 2.61. The molecule has 4 nitrogen and oxygen atoms in total. The highest BCUT2D eigenvalue weighted by Gasteiger charge is 2.12. The van der Waals surface area contributed by atoms with Gasteiger partial charge in [-0.1, -0.05) is 20.8 Å². The van der Waals surface area contributed by atoms with Crippen molar-refractivity contribution in [3.63, 3.8) is 0 Å². The van der Waals surface area contributed by atoms with Gasteiger partial charge >= 0.3 is 0 Å². The number of fused-ring (bicyclic) bond motifs is 1. The lowest BCUT2D eigenvalue weighted by atomic mass is 10.2. The molecule has 2 aromatic rings. The normalized spacial score (nSPS) is 11.6. The SMILES string of the molecule is CCCc1nc(C)c2c(=O)n(CC(C)C)ccn12. The van der Waals surface area contributed by atoms with Gasteiger partial charge in [0.2, 0.25) is 0 Å². The van der Waals surface area contributed by atoms with E-state index < -0.39 is 0 Å². The first-order valence-electron chi connectivity index (χ1n) is 6.61. The lowest BCUT2D eigenvalue weighted by Gasteiger charge is -2.09. The molecule has 0 fully saturated rings. The zero-order chi connectivity index (χ0) is 13.3. The molecular weight excluding hydrogens is 226 g/mol. The Morgan fingerprint density at radius 3 is 2.67 bits per heavy atom. The third-order valence-corrected chi connectivity index (χ3v) is 3.05. The maximum atomic E-state index is 12.4. The van der Waals surface area contributed by atoms with Gasteiger partial charge in [-0.3, -0.25) is 9.20 Å². The summed E-state index contributed by atoms with van der Waals surface area (Å²) in [5, 5.41) is 0. The highest BCUT2D eigenvalue weighted by Crippen LogP contribution is 2.10. The van der Waals surface area contributed by atoms with Crippen molar-refractivity contribution in [2.45, 2.75) is 47.1 Å². The highest BCUT2D eigenvalue weighted by molar-refractivity contribution is 5.50. The van der Waals surface area contributed by atoms with E-state index in [2.05, 4.69) is 25.8 Å². The molecule has 0 unspecified atom stereocenters. The molecule has 2 aromatic heterocycles. The van der Waals surface area contributed by atoms with Crippen LogP contribution in [0, 0.1) is 12.8 Å². The second-order valence-corrected chi connectivity index (χ2v) is 5.23. The van der Waals surface area contributed by atoms with E-state index in [1.54, 1.807) is 4.57 Å². The molecule has 0 saturated heterocycles. The van der Waals surface area contributed by atoms with Crippen molar-refractivity contribution in [2.75, 3.05) is 0 Å². The Labute approximate surface area is 107 Å². The summed E-state index contributed by atoms with van der Waals surface area (Å²) in [6.45, 7) is 9.01. The van der Waals surface area contributed by atoms with Crippen LogP contribution in [-0.4, -0.2) is 14.0 Å². The molecule has 2 heterocycles. The van der Waals surface area contributed by atoms with E-state index in [-0.39, 0.29) is 5.56 Å². The van der Waals surface area contributed by atoms with Gasteiger partial charge in [0.25, 0.3) is 5.56 Å². The first-order chi connectivity index (χ1) is 8.54. The monoisotopic (exact) mass is 247 g/mol. The fourth-order valence-corrected chi connectivity index (χ4v) is 2.31. The van der Waals surface area contributed by atoms with Crippen molar-refractivity contribution >= 4 is 5.52 Å². The van der Waals surface area contributed by atoms with Crippen LogP contribution in [-0.2, 0) is 13.0 Å². The van der Waals surface area contributed by atoms with Crippen molar-refractivity contribution < 1.29 is 0 Å². The van der Waals surface area contributed by atoms with E-state index >= 15 is 0 Å². The largest absolute Gasteiger partial charge is 0.312 e. The number of hydrogen-bond acceptors (Lipinski definition) is 2. The van der Waals surface area contributed by atoms with Gasteiger partial charge in [-0.2, -0.15) is 0 Å². The minimum absolute atomic E-state index is 0.0681. The second kappa shape index (κ2) is 4.96. The molecule has 4 heteroatoms. The van der Waals surface area contributed by atoms with Gasteiger partial charge in [0, 0.05) is 25.4 Å². The van der Waals surface area contributed by atoms with Gasteiger partial charge in [-0.15, -0.1) is 0 Å². The minimum atomic E-state index is 0.0681. The van der Waals surface area contributed by atoms with E-state index in [1.807, 2.05) is 23.7 Å². The van der Waals surface area contributed by atoms with Crippen molar-refractivity contribution in [1.82, 2.24) is 14.0 Å². The summed E-state index contributed by atoms with van der Waals surface area (Å²) < 4.78 is 3.72. The first-order valence-corrected chi connectivity index (χ1v) is 6.61. The molecule has 0 amide bonds. The molecule has 0 aliphatic carbocycles. The Morgan fingerprint density at radius 1 is 1.33 bits per heavy atom. The van der Waals surface area contributed by atoms with Gasteiger partial charge in [0.05, 0.1) is 5.69 Å². The lowest BCUT2D eigenvalue weighted by Crippen LogP contribution is -2.23. The fourth-order valence-electron chi connectivity index (χ4n) is 2.31. The average molecular weight is 247 g/mol. The lowest BCUT2D eigenvalue weighted by molar-refractivity contribution is 0.510. The second-order valence-electron chi connectivity index (χ2n) is 5.23. The van der Waals surface area contributed by atoms with Crippen molar-refractivity contribution in [3.05, 3.63) is 34.3 Å². The van der Waals surface area contributed by atoms with Crippen molar-refractivity contribution in [1.29, 1.82) is 0 Å². The van der Waals surface area contributed by atoms with Crippen LogP contribution >= 0.6 is 0 Å². The summed E-state index contributed by atoms with van der Waals surface area (Å²) in [5.41, 5.74) is 1.63. The van der Waals surface area contributed by atoms with E-state index in [0.717, 1.165) is 36.4 Å². The minimum Gasteiger partial charge on any atom is -0.312 e. The fraction of sp³-hybridized carbons (Fsp3) is 0.571. The summed E-state index contributed by atoms with van der Waals surface area (Å²) in [6, 6.07) is 0. The molecule has 0 aliphatic rings. The molecule has 0 aliphatic heterocycles. The van der Waals surface area contributed by atoms with E-state index in [9.17, 15) is 4.79 Å². The van der Waals surface area contributed by atoms with Gasteiger partial charge < -0.3 is 4.57 Å². The number of rotatable bonds is 4. The molecule has 0 spiro atoms. The van der Waals surface area contributed by atoms with Crippen LogP contribution in [0.4, 0.5) is 0 Å². The molecule has 0 N–H and O–H groups in total. The molecule has 98 valence electrons. The van der Waals surface area contributed by atoms with Gasteiger partial charge in [0.1, 0.15) is 11.3 Å². The van der Waals surface area contributed by atoms with E-state index in [4.69, 9.17) is 0 Å². The number of hydrogen-bond donors (Lipinski definition) is 0. The maximum Gasteiger partial charge on any atom is 0.276 e. The third-order valence-electron chi connectivity index (χ3n) is 3.05. The van der Waals surface area contributed by atoms with Crippen LogP contribution in [0.3, 0.4) is 0 Å². The number of nitrogens with zero attached hydrogens (tertiary/aromatic N) is 3. The number of aromatic nitrogens is 3. The average Bonchev–Trinajstić information content (AvgIpc) is 2.60. The van der Waals surface area contributed by atoms with Crippen LogP contribution in [0.2, 0.25) is 0 Å². The van der Waals surface area contributed by atoms with Crippen molar-refractivity contribution in [3.8, 4) is 0 Å². The van der Waals surface area contributed by atoms with Crippen LogP contribution < -0.4 is 5.56 Å². The maximum absolute atomic E-state index is 12.4. The summed E-state index contributed by atoms with van der Waals surface area (Å²) in [4.78, 5) is 16.9. The zero-order valence-corrected chi connectivity index (χ0v) is 11.6. The number of imidazole rings is 1. The topological polar surface area (TPSA) is 39.3 Å². The Morgan fingerprint density at radius 2 is 2.06 bits per heavy atom. The molecule has 0 radical (unpaired) electrons. The van der Waals surface area contributed by atoms with Crippen LogP contribution in [0.15, 0.2) is 17.2 Å². The predicted octanol–water partition coefficient (Wildman–Crippen LogP) is 2.41. The molecule has 0 saturated carbocycles. The standard InChI is InChI=1S/C14H21N3O/c1-5-6-12-15-11(4)13-14(18)16(9-10(2)3)7-8-17(12)13/h7-8,10H,5-6,9H2,1-4H3. The van der Waals surface area contributed by atoms with Crippen LogP contribution in [0.25, 0.3) is 5.52 Å². The molecule has 18 heavy (non-hydrogen) atoms. The summed E-state index contributed by atoms with van der Waals surface area (Å²) >= 11 is 0. The van der Waals surface area contributed by atoms with Crippen LogP contribution in [0.1, 0.15) is 38.7 Å². The van der Waals surface area contributed by atoms with Gasteiger partial charge in [-0.05, 0) is 19.3 Å². The zero-order valence-electron chi connectivity index (χ0n) is 11.6. The quantitative estimate of drug-likeness (QED) is 0.832. The molecule has 2 rings (SSSR count).